The second kappa shape index (κ2) is 4.98. The Balaban J connectivity index is 1.94. The summed E-state index contributed by atoms with van der Waals surface area (Å²) in [6, 6.07) is 11.6. The third kappa shape index (κ3) is 2.08. The number of carbonyl (C=O) groups is 1. The first kappa shape index (κ1) is 11.5. The van der Waals surface area contributed by atoms with Crippen LogP contribution in [-0.2, 0) is 0 Å². The lowest BCUT2D eigenvalue weighted by atomic mass is 10.1. The second-order valence-electron chi connectivity index (χ2n) is 4.33. The lowest BCUT2D eigenvalue weighted by Gasteiger charge is -2.10. The first-order valence-corrected chi connectivity index (χ1v) is 7.16. The lowest BCUT2D eigenvalue weighted by molar-refractivity contribution is 0.0981. The summed E-state index contributed by atoms with van der Waals surface area (Å²) in [5.74, 6) is 1.30. The van der Waals surface area contributed by atoms with Gasteiger partial charge in [0.1, 0.15) is 5.69 Å². The molecule has 1 unspecified atom stereocenters. The first-order chi connectivity index (χ1) is 8.86. The average molecular weight is 258 g/mol. The number of hydrogen-bond donors (Lipinski definition) is 0. The van der Waals surface area contributed by atoms with Gasteiger partial charge in [-0.15, -0.1) is 0 Å². The zero-order valence-electron chi connectivity index (χ0n) is 9.95. The Morgan fingerprint density at radius 1 is 1.28 bits per heavy atom. The molecule has 1 aromatic carbocycles. The molecule has 92 valence electrons. The van der Waals surface area contributed by atoms with E-state index in [1.54, 1.807) is 22.6 Å². The molecule has 18 heavy (non-hydrogen) atoms. The SMILES string of the molecule is O=C(c1ccnn1-c1ccccc1)C1CCCS1. The van der Waals surface area contributed by atoms with Crippen LogP contribution >= 0.6 is 11.8 Å². The van der Waals surface area contributed by atoms with E-state index in [0.29, 0.717) is 5.69 Å². The van der Waals surface area contributed by atoms with Crippen LogP contribution in [0.5, 0.6) is 0 Å². The second-order valence-corrected chi connectivity index (χ2v) is 5.64. The van der Waals surface area contributed by atoms with Crippen LogP contribution < -0.4 is 0 Å². The number of hydrogen-bond acceptors (Lipinski definition) is 3. The molecule has 4 heteroatoms. The summed E-state index contributed by atoms with van der Waals surface area (Å²) < 4.78 is 1.74. The maximum Gasteiger partial charge on any atom is 0.194 e. The predicted molar refractivity (Wildman–Crippen MR) is 73.4 cm³/mol. The minimum atomic E-state index is 0.115. The average Bonchev–Trinajstić information content (AvgIpc) is 3.10. The molecule has 1 aliphatic rings. The van der Waals surface area contributed by atoms with Crippen LogP contribution in [0.15, 0.2) is 42.6 Å². The van der Waals surface area contributed by atoms with Crippen molar-refractivity contribution >= 4 is 17.5 Å². The van der Waals surface area contributed by atoms with E-state index in [1.165, 1.54) is 0 Å². The molecule has 1 fully saturated rings. The Labute approximate surface area is 110 Å². The smallest absolute Gasteiger partial charge is 0.194 e. The largest absolute Gasteiger partial charge is 0.291 e. The number of benzene rings is 1. The maximum absolute atomic E-state index is 12.4. The minimum Gasteiger partial charge on any atom is -0.291 e. The van der Waals surface area contributed by atoms with Crippen molar-refractivity contribution < 1.29 is 4.79 Å². The van der Waals surface area contributed by atoms with Gasteiger partial charge in [-0.2, -0.15) is 16.9 Å². The van der Waals surface area contributed by atoms with E-state index < -0.39 is 0 Å². The van der Waals surface area contributed by atoms with E-state index in [2.05, 4.69) is 5.10 Å². The molecule has 3 rings (SSSR count). The number of Topliss-reactive ketones (excluding diaryl/α,β-unsaturated/α-hetero) is 1. The Hall–Kier alpha value is -1.55. The van der Waals surface area contributed by atoms with Crippen molar-refractivity contribution in [3.63, 3.8) is 0 Å². The predicted octanol–water partition coefficient (Wildman–Crippen LogP) is 2.95. The zero-order chi connectivity index (χ0) is 12.4. The van der Waals surface area contributed by atoms with Crippen molar-refractivity contribution in [2.24, 2.45) is 0 Å². The standard InChI is InChI=1S/C14H14N2OS/c17-14(13-7-4-10-18-13)12-8-9-15-16(12)11-5-2-1-3-6-11/h1-3,5-6,8-9,13H,4,7,10H2. The maximum atomic E-state index is 12.4. The van der Waals surface area contributed by atoms with Crippen molar-refractivity contribution in [2.75, 3.05) is 5.75 Å². The van der Waals surface area contributed by atoms with Gasteiger partial charge in [0.25, 0.3) is 0 Å². The van der Waals surface area contributed by atoms with Crippen molar-refractivity contribution in [3.05, 3.63) is 48.3 Å². The fourth-order valence-corrected chi connectivity index (χ4v) is 3.44. The number of aromatic nitrogens is 2. The molecule has 2 heterocycles. The molecule has 0 spiro atoms. The van der Waals surface area contributed by atoms with Gasteiger partial charge in [0.05, 0.1) is 17.1 Å². The Morgan fingerprint density at radius 3 is 2.83 bits per heavy atom. The number of para-hydroxylation sites is 1. The minimum absolute atomic E-state index is 0.115. The highest BCUT2D eigenvalue weighted by molar-refractivity contribution is 8.00. The fourth-order valence-electron chi connectivity index (χ4n) is 2.21. The quantitative estimate of drug-likeness (QED) is 0.794. The monoisotopic (exact) mass is 258 g/mol. The van der Waals surface area contributed by atoms with Crippen LogP contribution in [0.1, 0.15) is 23.3 Å². The van der Waals surface area contributed by atoms with Crippen LogP contribution in [0.4, 0.5) is 0 Å². The Kier molecular flexibility index (Phi) is 3.19. The van der Waals surface area contributed by atoms with E-state index in [0.717, 1.165) is 24.3 Å². The van der Waals surface area contributed by atoms with E-state index in [-0.39, 0.29) is 11.0 Å². The summed E-state index contributed by atoms with van der Waals surface area (Å²) >= 11 is 1.76. The van der Waals surface area contributed by atoms with Crippen molar-refractivity contribution in [3.8, 4) is 5.69 Å². The summed E-state index contributed by atoms with van der Waals surface area (Å²) in [5, 5.41) is 4.38. The molecule has 1 atom stereocenters. The molecule has 0 amide bonds. The zero-order valence-corrected chi connectivity index (χ0v) is 10.8. The normalized spacial score (nSPS) is 19.0. The molecule has 0 saturated carbocycles. The van der Waals surface area contributed by atoms with Gasteiger partial charge in [-0.05, 0) is 36.8 Å². The van der Waals surface area contributed by atoms with Gasteiger partial charge in [-0.25, -0.2) is 4.68 Å². The van der Waals surface area contributed by atoms with Crippen LogP contribution in [0.25, 0.3) is 5.69 Å². The third-order valence-electron chi connectivity index (χ3n) is 3.12. The van der Waals surface area contributed by atoms with Gasteiger partial charge in [0, 0.05) is 0 Å². The Morgan fingerprint density at radius 2 is 2.11 bits per heavy atom. The molecular weight excluding hydrogens is 244 g/mol. The van der Waals surface area contributed by atoms with E-state index >= 15 is 0 Å². The summed E-state index contributed by atoms with van der Waals surface area (Å²) in [5.41, 5.74) is 1.63. The molecule has 3 nitrogen and oxygen atoms in total. The molecule has 0 radical (unpaired) electrons. The van der Waals surface area contributed by atoms with E-state index in [1.807, 2.05) is 36.4 Å². The van der Waals surface area contributed by atoms with Crippen LogP contribution in [0, 0.1) is 0 Å². The van der Waals surface area contributed by atoms with Gasteiger partial charge in [0.2, 0.25) is 0 Å². The highest BCUT2D eigenvalue weighted by Crippen LogP contribution is 2.29. The summed E-state index contributed by atoms with van der Waals surface area (Å²) in [7, 11) is 0. The number of nitrogens with zero attached hydrogens (tertiary/aromatic N) is 2. The summed E-state index contributed by atoms with van der Waals surface area (Å²) in [4.78, 5) is 12.4. The summed E-state index contributed by atoms with van der Waals surface area (Å²) in [6.45, 7) is 0. The highest BCUT2D eigenvalue weighted by Gasteiger charge is 2.27. The molecule has 2 aromatic rings. The molecule has 0 N–H and O–H groups in total. The number of ketones is 1. The molecule has 1 saturated heterocycles. The molecular formula is C14H14N2OS. The van der Waals surface area contributed by atoms with Gasteiger partial charge >= 0.3 is 0 Å². The highest BCUT2D eigenvalue weighted by atomic mass is 32.2. The molecule has 1 aliphatic heterocycles. The number of rotatable bonds is 3. The van der Waals surface area contributed by atoms with Gasteiger partial charge in [-0.1, -0.05) is 18.2 Å². The topological polar surface area (TPSA) is 34.9 Å². The molecule has 1 aromatic heterocycles. The summed E-state index contributed by atoms with van der Waals surface area (Å²) in [6.07, 6.45) is 3.82. The number of carbonyl (C=O) groups excluding carboxylic acids is 1. The molecule has 0 aliphatic carbocycles. The van der Waals surface area contributed by atoms with Gasteiger partial charge in [0.15, 0.2) is 5.78 Å². The fraction of sp³-hybridized carbons (Fsp3) is 0.286. The van der Waals surface area contributed by atoms with Crippen molar-refractivity contribution in [1.29, 1.82) is 0 Å². The third-order valence-corrected chi connectivity index (χ3v) is 4.49. The number of thioether (sulfide) groups is 1. The van der Waals surface area contributed by atoms with Crippen molar-refractivity contribution in [2.45, 2.75) is 18.1 Å². The van der Waals surface area contributed by atoms with Gasteiger partial charge in [-0.3, -0.25) is 4.79 Å². The lowest BCUT2D eigenvalue weighted by Crippen LogP contribution is -2.18. The van der Waals surface area contributed by atoms with Crippen LogP contribution in [0.2, 0.25) is 0 Å². The Bertz CT molecular complexity index is 544. The van der Waals surface area contributed by atoms with E-state index in [4.69, 9.17) is 0 Å². The van der Waals surface area contributed by atoms with Crippen molar-refractivity contribution in [1.82, 2.24) is 9.78 Å². The first-order valence-electron chi connectivity index (χ1n) is 6.11. The van der Waals surface area contributed by atoms with Crippen LogP contribution in [0.3, 0.4) is 0 Å². The van der Waals surface area contributed by atoms with E-state index in [9.17, 15) is 4.79 Å². The van der Waals surface area contributed by atoms with Crippen LogP contribution in [-0.4, -0.2) is 26.6 Å². The van der Waals surface area contributed by atoms with Gasteiger partial charge < -0.3 is 0 Å². The molecule has 0 bridgehead atoms.